The summed E-state index contributed by atoms with van der Waals surface area (Å²) >= 11 is 2.13. The van der Waals surface area contributed by atoms with Crippen LogP contribution in [0, 0.1) is 20.7 Å². The van der Waals surface area contributed by atoms with E-state index in [0.717, 1.165) is 27.9 Å². The van der Waals surface area contributed by atoms with Gasteiger partial charge in [0.25, 0.3) is 5.91 Å². The SMILES string of the molecule is CCOc1cc(/C=C(/C#N)C(=O)Nc2ccc(N(CC)CC)cc2)cc(I)c1OCc1ccc(F)cc1. The van der Waals surface area contributed by atoms with Crippen LogP contribution >= 0.6 is 22.6 Å². The summed E-state index contributed by atoms with van der Waals surface area (Å²) < 4.78 is 25.7. The molecule has 0 heterocycles. The van der Waals surface area contributed by atoms with Crippen molar-refractivity contribution in [3.05, 3.63) is 86.8 Å². The zero-order valence-corrected chi connectivity index (χ0v) is 23.2. The molecule has 0 spiro atoms. The molecule has 0 saturated carbocycles. The number of ether oxygens (including phenoxy) is 2. The molecule has 0 atom stereocenters. The van der Waals surface area contributed by atoms with E-state index in [1.54, 1.807) is 18.2 Å². The molecule has 0 aromatic heterocycles. The summed E-state index contributed by atoms with van der Waals surface area (Å²) in [6.07, 6.45) is 1.52. The molecule has 0 aliphatic heterocycles. The lowest BCUT2D eigenvalue weighted by molar-refractivity contribution is -0.112. The third-order valence-electron chi connectivity index (χ3n) is 5.56. The Morgan fingerprint density at radius 1 is 1.05 bits per heavy atom. The lowest BCUT2D eigenvalue weighted by atomic mass is 10.1. The van der Waals surface area contributed by atoms with E-state index in [1.165, 1.54) is 18.2 Å². The Kier molecular flexibility index (Phi) is 10.3. The Labute approximate surface area is 230 Å². The Balaban J connectivity index is 1.79. The Bertz CT molecular complexity index is 1280. The van der Waals surface area contributed by atoms with Crippen LogP contribution in [0.4, 0.5) is 15.8 Å². The van der Waals surface area contributed by atoms with Crippen molar-refractivity contribution >= 4 is 45.9 Å². The molecule has 1 amide bonds. The minimum Gasteiger partial charge on any atom is -0.490 e. The number of anilines is 2. The van der Waals surface area contributed by atoms with E-state index < -0.39 is 5.91 Å². The largest absolute Gasteiger partial charge is 0.490 e. The predicted octanol–water partition coefficient (Wildman–Crippen LogP) is 6.80. The van der Waals surface area contributed by atoms with Crippen LogP contribution in [0.1, 0.15) is 31.9 Å². The summed E-state index contributed by atoms with van der Waals surface area (Å²) in [7, 11) is 0. The Morgan fingerprint density at radius 2 is 1.73 bits per heavy atom. The van der Waals surface area contributed by atoms with Crippen molar-refractivity contribution in [3.63, 3.8) is 0 Å². The molecule has 0 saturated heterocycles. The molecule has 1 N–H and O–H groups in total. The fourth-order valence-corrected chi connectivity index (χ4v) is 4.45. The average molecular weight is 613 g/mol. The summed E-state index contributed by atoms with van der Waals surface area (Å²) in [5, 5.41) is 12.5. The predicted molar refractivity (Wildman–Crippen MR) is 153 cm³/mol. The number of hydrogen-bond donors (Lipinski definition) is 1. The molecule has 3 aromatic carbocycles. The van der Waals surface area contributed by atoms with Gasteiger partial charge in [-0.05, 0) is 109 Å². The smallest absolute Gasteiger partial charge is 0.266 e. The molecule has 8 heteroatoms. The van der Waals surface area contributed by atoms with E-state index in [2.05, 4.69) is 46.7 Å². The van der Waals surface area contributed by atoms with Crippen molar-refractivity contribution in [1.29, 1.82) is 5.26 Å². The average Bonchev–Trinajstić information content (AvgIpc) is 2.89. The van der Waals surface area contributed by atoms with Crippen molar-refractivity contribution in [3.8, 4) is 17.6 Å². The van der Waals surface area contributed by atoms with Gasteiger partial charge in [-0.3, -0.25) is 4.79 Å². The number of amides is 1. The molecule has 37 heavy (non-hydrogen) atoms. The van der Waals surface area contributed by atoms with Crippen LogP contribution in [0.25, 0.3) is 6.08 Å². The van der Waals surface area contributed by atoms with Crippen molar-refractivity contribution in [1.82, 2.24) is 0 Å². The molecule has 6 nitrogen and oxygen atoms in total. The molecule has 0 aliphatic carbocycles. The summed E-state index contributed by atoms with van der Waals surface area (Å²) in [5.74, 6) is 0.230. The molecule has 0 unspecified atom stereocenters. The normalized spacial score (nSPS) is 11.0. The molecule has 0 bridgehead atoms. The number of nitrogens with one attached hydrogen (secondary N) is 1. The van der Waals surface area contributed by atoms with Gasteiger partial charge in [-0.25, -0.2) is 4.39 Å². The molecule has 0 radical (unpaired) electrons. The van der Waals surface area contributed by atoms with Gasteiger partial charge in [-0.2, -0.15) is 5.26 Å². The third-order valence-corrected chi connectivity index (χ3v) is 6.36. The summed E-state index contributed by atoms with van der Waals surface area (Å²) in [6.45, 7) is 8.47. The van der Waals surface area contributed by atoms with Crippen LogP contribution in [0.2, 0.25) is 0 Å². The zero-order chi connectivity index (χ0) is 26.8. The van der Waals surface area contributed by atoms with Crippen LogP contribution in [-0.2, 0) is 11.4 Å². The second-order valence-electron chi connectivity index (χ2n) is 8.02. The van der Waals surface area contributed by atoms with Crippen molar-refractivity contribution in [2.24, 2.45) is 0 Å². The lowest BCUT2D eigenvalue weighted by Crippen LogP contribution is -2.21. The van der Waals surface area contributed by atoms with Gasteiger partial charge in [0.05, 0.1) is 10.2 Å². The number of carbonyl (C=O) groups is 1. The van der Waals surface area contributed by atoms with E-state index in [4.69, 9.17) is 9.47 Å². The monoisotopic (exact) mass is 613 g/mol. The first kappa shape index (κ1) is 28.0. The van der Waals surface area contributed by atoms with Gasteiger partial charge in [-0.15, -0.1) is 0 Å². The maximum absolute atomic E-state index is 13.2. The maximum atomic E-state index is 13.2. The van der Waals surface area contributed by atoms with Gasteiger partial charge in [0.15, 0.2) is 11.5 Å². The Hall–Kier alpha value is -3.58. The van der Waals surface area contributed by atoms with Crippen molar-refractivity contribution in [2.75, 3.05) is 29.9 Å². The van der Waals surface area contributed by atoms with Crippen LogP contribution in [0.3, 0.4) is 0 Å². The van der Waals surface area contributed by atoms with Crippen molar-refractivity contribution in [2.45, 2.75) is 27.4 Å². The summed E-state index contributed by atoms with van der Waals surface area (Å²) in [5.41, 5.74) is 3.09. The topological polar surface area (TPSA) is 74.6 Å². The minimum absolute atomic E-state index is 0.0361. The number of rotatable bonds is 11. The number of carbonyl (C=O) groups excluding carboxylic acids is 1. The van der Waals surface area contributed by atoms with Crippen LogP contribution in [0.15, 0.2) is 66.2 Å². The van der Waals surface area contributed by atoms with Gasteiger partial charge < -0.3 is 19.7 Å². The summed E-state index contributed by atoms with van der Waals surface area (Å²) in [6, 6.07) is 19.2. The molecule has 3 aromatic rings. The first-order chi connectivity index (χ1) is 17.9. The first-order valence-corrected chi connectivity index (χ1v) is 13.1. The second-order valence-corrected chi connectivity index (χ2v) is 9.18. The molecule has 0 aliphatic rings. The zero-order valence-electron chi connectivity index (χ0n) is 21.1. The van der Waals surface area contributed by atoms with E-state index in [9.17, 15) is 14.4 Å². The first-order valence-electron chi connectivity index (χ1n) is 12.0. The van der Waals surface area contributed by atoms with Gasteiger partial charge in [0.1, 0.15) is 24.1 Å². The quantitative estimate of drug-likeness (QED) is 0.146. The highest BCUT2D eigenvalue weighted by Gasteiger charge is 2.15. The second kappa shape index (κ2) is 13.7. The lowest BCUT2D eigenvalue weighted by Gasteiger charge is -2.21. The molecule has 192 valence electrons. The minimum atomic E-state index is -0.498. The van der Waals surface area contributed by atoms with Crippen LogP contribution in [-0.4, -0.2) is 25.6 Å². The maximum Gasteiger partial charge on any atom is 0.266 e. The highest BCUT2D eigenvalue weighted by atomic mass is 127. The van der Waals surface area contributed by atoms with Crippen molar-refractivity contribution < 1.29 is 18.7 Å². The van der Waals surface area contributed by atoms with E-state index in [-0.39, 0.29) is 18.0 Å². The van der Waals surface area contributed by atoms with Gasteiger partial charge in [-0.1, -0.05) is 12.1 Å². The third kappa shape index (κ3) is 7.70. The number of benzene rings is 3. The number of nitriles is 1. The standard InChI is InChI=1S/C29H29FIN3O3/c1-4-34(5-2)25-13-11-24(12-14-25)33-29(35)22(18-32)15-21-16-26(31)28(27(17-21)36-6-3)37-19-20-7-9-23(30)10-8-20/h7-17H,4-6,19H2,1-3H3,(H,33,35)/b22-15-. The van der Waals surface area contributed by atoms with E-state index in [0.29, 0.717) is 29.4 Å². The van der Waals surface area contributed by atoms with E-state index in [1.807, 2.05) is 43.3 Å². The van der Waals surface area contributed by atoms with E-state index >= 15 is 0 Å². The van der Waals surface area contributed by atoms with Gasteiger partial charge >= 0.3 is 0 Å². The molecular formula is C29H29FIN3O3. The Morgan fingerprint density at radius 3 is 2.32 bits per heavy atom. The van der Waals surface area contributed by atoms with Gasteiger partial charge in [0.2, 0.25) is 0 Å². The van der Waals surface area contributed by atoms with Crippen LogP contribution < -0.4 is 19.7 Å². The highest BCUT2D eigenvalue weighted by molar-refractivity contribution is 14.1. The molecular weight excluding hydrogens is 584 g/mol. The summed E-state index contributed by atoms with van der Waals surface area (Å²) in [4.78, 5) is 15.0. The number of hydrogen-bond acceptors (Lipinski definition) is 5. The fraction of sp³-hybridized carbons (Fsp3) is 0.241. The molecule has 0 fully saturated rings. The number of nitrogens with zero attached hydrogens (tertiary/aromatic N) is 2. The highest BCUT2D eigenvalue weighted by Crippen LogP contribution is 2.35. The van der Waals surface area contributed by atoms with Crippen LogP contribution in [0.5, 0.6) is 11.5 Å². The fourth-order valence-electron chi connectivity index (χ4n) is 3.67. The number of halogens is 2. The van der Waals surface area contributed by atoms with Gasteiger partial charge in [0, 0.05) is 24.5 Å². The molecule has 3 rings (SSSR count).